The van der Waals surface area contributed by atoms with Gasteiger partial charge in [0.25, 0.3) is 0 Å². The van der Waals surface area contributed by atoms with Gasteiger partial charge in [0.1, 0.15) is 18.5 Å². The van der Waals surface area contributed by atoms with E-state index in [0.717, 1.165) is 18.0 Å². The van der Waals surface area contributed by atoms with Crippen LogP contribution >= 0.6 is 23.2 Å². The number of ether oxygens (including phenoxy) is 3. The number of aromatic nitrogens is 2. The number of anilines is 1. The van der Waals surface area contributed by atoms with Gasteiger partial charge in [0.05, 0.1) is 24.5 Å². The van der Waals surface area contributed by atoms with Crippen LogP contribution in [0.4, 0.5) is 5.69 Å². The lowest BCUT2D eigenvalue weighted by Gasteiger charge is -2.30. The Morgan fingerprint density at radius 1 is 1.23 bits per heavy atom. The van der Waals surface area contributed by atoms with Crippen LogP contribution in [0.3, 0.4) is 0 Å². The Hall–Kier alpha value is -2.29. The highest BCUT2D eigenvalue weighted by Crippen LogP contribution is 2.40. The summed E-state index contributed by atoms with van der Waals surface area (Å²) >= 11 is 12.6. The van der Waals surface area contributed by atoms with Crippen LogP contribution in [0, 0.1) is 0 Å². The van der Waals surface area contributed by atoms with E-state index in [1.807, 2.05) is 41.1 Å². The number of nitrogens with two attached hydrogens (primary N) is 1. The third-order valence-electron chi connectivity index (χ3n) is 4.91. The van der Waals surface area contributed by atoms with Crippen molar-refractivity contribution >= 4 is 28.9 Å². The zero-order chi connectivity index (χ0) is 21.7. The van der Waals surface area contributed by atoms with Crippen LogP contribution in [0.1, 0.15) is 5.56 Å². The third-order valence-corrected chi connectivity index (χ3v) is 5.46. The molecule has 0 radical (unpaired) electrons. The maximum atomic E-state index is 6.50. The van der Waals surface area contributed by atoms with Crippen molar-refractivity contribution in [1.29, 1.82) is 0 Å². The highest BCUT2D eigenvalue weighted by Gasteiger charge is 2.45. The van der Waals surface area contributed by atoms with Gasteiger partial charge in [0, 0.05) is 41.8 Å². The van der Waals surface area contributed by atoms with Gasteiger partial charge in [0.15, 0.2) is 0 Å². The number of imidazole rings is 1. The summed E-state index contributed by atoms with van der Waals surface area (Å²) in [6, 6.07) is 13.0. The average molecular weight is 463 g/mol. The van der Waals surface area contributed by atoms with E-state index in [1.165, 1.54) is 0 Å². The molecule has 7 nitrogen and oxygen atoms in total. The average Bonchev–Trinajstić information content (AvgIpc) is 3.42. The van der Waals surface area contributed by atoms with Gasteiger partial charge in [-0.1, -0.05) is 29.3 Å². The van der Waals surface area contributed by atoms with Crippen LogP contribution in [0.5, 0.6) is 5.75 Å². The summed E-state index contributed by atoms with van der Waals surface area (Å²) in [7, 11) is 0. The van der Waals surface area contributed by atoms with E-state index in [4.69, 9.17) is 43.1 Å². The van der Waals surface area contributed by atoms with Crippen molar-refractivity contribution in [2.45, 2.75) is 18.4 Å². The number of halogens is 2. The van der Waals surface area contributed by atoms with Crippen LogP contribution in [-0.2, 0) is 21.8 Å². The Kier molecular flexibility index (Phi) is 6.99. The van der Waals surface area contributed by atoms with E-state index >= 15 is 0 Å². The lowest BCUT2D eigenvalue weighted by atomic mass is 10.1. The standard InChI is InChI=1S/C22H24Cl2N4O3/c23-16-1-6-20(21(24)11-16)22(14-28-10-9-26-15-28)30-13-19(31-22)12-29-18-4-2-17(3-5-18)27-8-7-25/h1-6,9-11,15,19,27H,7-8,12-14,25H2/t19-,22-/m0/s1. The minimum absolute atomic E-state index is 0.273. The van der Waals surface area contributed by atoms with E-state index in [1.54, 1.807) is 24.7 Å². The minimum atomic E-state index is -1.06. The highest BCUT2D eigenvalue weighted by molar-refractivity contribution is 6.35. The molecule has 3 N–H and O–H groups in total. The molecule has 3 aromatic rings. The zero-order valence-electron chi connectivity index (χ0n) is 16.8. The van der Waals surface area contributed by atoms with Crippen LogP contribution in [0.2, 0.25) is 10.0 Å². The Morgan fingerprint density at radius 2 is 2.06 bits per heavy atom. The molecule has 0 unspecified atom stereocenters. The lowest BCUT2D eigenvalue weighted by molar-refractivity contribution is -0.189. The molecule has 2 atom stereocenters. The maximum absolute atomic E-state index is 6.50. The largest absolute Gasteiger partial charge is 0.491 e. The molecular weight excluding hydrogens is 439 g/mol. The van der Waals surface area contributed by atoms with Crippen molar-refractivity contribution in [2.75, 3.05) is 31.6 Å². The fourth-order valence-corrected chi connectivity index (χ4v) is 4.00. The number of rotatable bonds is 9. The minimum Gasteiger partial charge on any atom is -0.491 e. The lowest BCUT2D eigenvalue weighted by Crippen LogP contribution is -2.34. The van der Waals surface area contributed by atoms with Gasteiger partial charge in [-0.25, -0.2) is 4.98 Å². The fourth-order valence-electron chi connectivity index (χ4n) is 3.45. The molecule has 0 aliphatic carbocycles. The van der Waals surface area contributed by atoms with Crippen LogP contribution in [0.15, 0.2) is 61.2 Å². The molecule has 1 aliphatic heterocycles. The Labute approximate surface area is 191 Å². The summed E-state index contributed by atoms with van der Waals surface area (Å²) < 4.78 is 20.4. The molecule has 2 heterocycles. The summed E-state index contributed by atoms with van der Waals surface area (Å²) in [5.41, 5.74) is 7.22. The second-order valence-corrected chi connectivity index (χ2v) is 8.06. The quantitative estimate of drug-likeness (QED) is 0.501. The third kappa shape index (κ3) is 5.31. The number of benzene rings is 2. The molecule has 0 spiro atoms. The predicted molar refractivity (Wildman–Crippen MR) is 121 cm³/mol. The van der Waals surface area contributed by atoms with Gasteiger partial charge in [-0.05, 0) is 36.4 Å². The van der Waals surface area contributed by atoms with Crippen molar-refractivity contribution in [3.63, 3.8) is 0 Å². The predicted octanol–water partition coefficient (Wildman–Crippen LogP) is 3.91. The molecule has 2 aromatic carbocycles. The van der Waals surface area contributed by atoms with Gasteiger partial charge in [-0.3, -0.25) is 0 Å². The van der Waals surface area contributed by atoms with Crippen molar-refractivity contribution in [2.24, 2.45) is 5.73 Å². The molecule has 4 rings (SSSR count). The molecule has 1 aromatic heterocycles. The summed E-state index contributed by atoms with van der Waals surface area (Å²) in [5, 5.41) is 4.25. The molecule has 0 saturated carbocycles. The summed E-state index contributed by atoms with van der Waals surface area (Å²) in [6.07, 6.45) is 4.99. The number of nitrogens with one attached hydrogen (secondary N) is 1. The van der Waals surface area contributed by atoms with Crippen molar-refractivity contribution in [3.05, 3.63) is 76.8 Å². The van der Waals surface area contributed by atoms with E-state index in [9.17, 15) is 0 Å². The van der Waals surface area contributed by atoms with Gasteiger partial charge in [-0.2, -0.15) is 0 Å². The first-order valence-electron chi connectivity index (χ1n) is 9.98. The van der Waals surface area contributed by atoms with E-state index < -0.39 is 5.79 Å². The molecule has 0 amide bonds. The molecule has 9 heteroatoms. The van der Waals surface area contributed by atoms with Crippen LogP contribution in [-0.4, -0.2) is 42.0 Å². The first-order chi connectivity index (χ1) is 15.1. The first-order valence-corrected chi connectivity index (χ1v) is 10.7. The van der Waals surface area contributed by atoms with Gasteiger partial charge < -0.3 is 29.8 Å². The normalized spacial score (nSPS) is 20.7. The molecule has 0 bridgehead atoms. The van der Waals surface area contributed by atoms with Crippen molar-refractivity contribution in [3.8, 4) is 5.75 Å². The van der Waals surface area contributed by atoms with Crippen molar-refractivity contribution < 1.29 is 14.2 Å². The topological polar surface area (TPSA) is 83.6 Å². The molecule has 1 fully saturated rings. The first kappa shape index (κ1) is 21.9. The van der Waals surface area contributed by atoms with Crippen molar-refractivity contribution in [1.82, 2.24) is 9.55 Å². The molecule has 1 saturated heterocycles. The zero-order valence-corrected chi connectivity index (χ0v) is 18.4. The van der Waals surface area contributed by atoms with Crippen LogP contribution in [0.25, 0.3) is 0 Å². The fraction of sp³-hybridized carbons (Fsp3) is 0.318. The Bertz CT molecular complexity index is 985. The SMILES string of the molecule is NCCNc1ccc(OC[C@H]2CO[C@](Cn3ccnc3)(c3ccc(Cl)cc3Cl)O2)cc1. The number of hydrogen-bond donors (Lipinski definition) is 2. The van der Waals surface area contributed by atoms with Gasteiger partial charge in [-0.15, -0.1) is 0 Å². The molecule has 31 heavy (non-hydrogen) atoms. The van der Waals surface area contributed by atoms with Gasteiger partial charge >= 0.3 is 0 Å². The molecular formula is C22H24Cl2N4O3. The number of nitrogens with zero attached hydrogens (tertiary/aromatic N) is 2. The Balaban J connectivity index is 1.45. The van der Waals surface area contributed by atoms with Crippen LogP contribution < -0.4 is 15.8 Å². The summed E-state index contributed by atoms with van der Waals surface area (Å²) in [5.74, 6) is -0.314. The second-order valence-electron chi connectivity index (χ2n) is 7.21. The molecule has 164 valence electrons. The number of hydrogen-bond acceptors (Lipinski definition) is 6. The van der Waals surface area contributed by atoms with E-state index in [0.29, 0.717) is 41.9 Å². The second kappa shape index (κ2) is 9.89. The van der Waals surface area contributed by atoms with E-state index in [2.05, 4.69) is 10.3 Å². The maximum Gasteiger partial charge on any atom is 0.215 e. The smallest absolute Gasteiger partial charge is 0.215 e. The van der Waals surface area contributed by atoms with Gasteiger partial charge in [0.2, 0.25) is 5.79 Å². The Morgan fingerprint density at radius 3 is 2.77 bits per heavy atom. The summed E-state index contributed by atoms with van der Waals surface area (Å²) in [6.45, 7) is 2.40. The summed E-state index contributed by atoms with van der Waals surface area (Å²) in [4.78, 5) is 4.11. The highest BCUT2D eigenvalue weighted by atomic mass is 35.5. The monoisotopic (exact) mass is 462 g/mol. The van der Waals surface area contributed by atoms with E-state index in [-0.39, 0.29) is 6.10 Å². The molecule has 1 aliphatic rings.